The van der Waals surface area contributed by atoms with Crippen LogP contribution in [0.15, 0.2) is 89.8 Å². The van der Waals surface area contributed by atoms with Crippen molar-refractivity contribution >= 4 is 27.3 Å². The van der Waals surface area contributed by atoms with Gasteiger partial charge in [0.1, 0.15) is 0 Å². The number of anilines is 1. The first kappa shape index (κ1) is 17.5. The quantitative estimate of drug-likeness (QED) is 0.610. The van der Waals surface area contributed by atoms with E-state index in [2.05, 4.69) is 0 Å². The molecule has 0 spiro atoms. The smallest absolute Gasteiger partial charge is 0.259 e. The van der Waals surface area contributed by atoms with Crippen LogP contribution < -0.4 is 4.31 Å². The molecule has 0 fully saturated rings. The van der Waals surface area contributed by atoms with E-state index in [9.17, 15) is 8.42 Å². The highest BCUT2D eigenvalue weighted by atomic mass is 35.5. The average molecular weight is 372 g/mol. The minimum atomic E-state index is -3.74. The summed E-state index contributed by atoms with van der Waals surface area (Å²) in [5.41, 5.74) is 1.44. The van der Waals surface area contributed by atoms with Crippen molar-refractivity contribution in [1.82, 2.24) is 0 Å². The van der Waals surface area contributed by atoms with E-state index in [4.69, 9.17) is 11.6 Å². The van der Waals surface area contributed by atoms with Crippen molar-refractivity contribution in [1.29, 1.82) is 0 Å². The van der Waals surface area contributed by atoms with Gasteiger partial charge in [0.15, 0.2) is 0 Å². The normalized spacial score (nSPS) is 12.6. The molecule has 0 aliphatic carbocycles. The average Bonchev–Trinajstić information content (AvgIpc) is 2.63. The van der Waals surface area contributed by atoms with Crippen LogP contribution in [0.1, 0.15) is 18.5 Å². The summed E-state index contributed by atoms with van der Waals surface area (Å²) in [6.45, 7) is 1.87. The molecule has 0 bridgehead atoms. The number of sulfonamides is 1. The molecule has 128 valence electrons. The monoisotopic (exact) mass is 371 g/mol. The van der Waals surface area contributed by atoms with Gasteiger partial charge < -0.3 is 0 Å². The zero-order chi connectivity index (χ0) is 17.9. The second kappa shape index (κ2) is 7.30. The van der Waals surface area contributed by atoms with Crippen LogP contribution in [0.3, 0.4) is 0 Å². The first-order chi connectivity index (χ1) is 12.0. The molecule has 0 unspecified atom stereocenters. The second-order valence-corrected chi connectivity index (χ2v) is 7.93. The van der Waals surface area contributed by atoms with Crippen molar-refractivity contribution in [3.05, 3.63) is 95.5 Å². The van der Waals surface area contributed by atoms with Gasteiger partial charge in [-0.3, -0.25) is 4.31 Å². The summed E-state index contributed by atoms with van der Waals surface area (Å²) in [7, 11) is -3.74. The summed E-state index contributed by atoms with van der Waals surface area (Å²) in [5, 5.41) is 0.492. The number of rotatable bonds is 5. The lowest BCUT2D eigenvalue weighted by Gasteiger charge is -2.31. The molecule has 0 aliphatic rings. The fourth-order valence-electron chi connectivity index (χ4n) is 2.76. The Kier molecular flexibility index (Phi) is 5.11. The first-order valence-electron chi connectivity index (χ1n) is 7.90. The Morgan fingerprint density at radius 3 is 2.04 bits per heavy atom. The second-order valence-electron chi connectivity index (χ2n) is 5.68. The van der Waals surface area contributed by atoms with Gasteiger partial charge in [0.2, 0.25) is 0 Å². The van der Waals surface area contributed by atoms with Crippen molar-refractivity contribution in [2.75, 3.05) is 4.31 Å². The number of benzene rings is 3. The lowest BCUT2D eigenvalue weighted by Crippen LogP contribution is -2.33. The van der Waals surface area contributed by atoms with Crippen LogP contribution in [0.2, 0.25) is 5.02 Å². The van der Waals surface area contributed by atoms with E-state index in [1.165, 1.54) is 4.31 Å². The molecule has 3 aromatic carbocycles. The Bertz CT molecular complexity index is 944. The fraction of sp³-hybridized carbons (Fsp3) is 0.100. The Morgan fingerprint density at radius 1 is 0.840 bits per heavy atom. The van der Waals surface area contributed by atoms with Crippen LogP contribution in [-0.2, 0) is 10.0 Å². The summed E-state index contributed by atoms with van der Waals surface area (Å²) in [6.07, 6.45) is 0. The molecular formula is C20H18ClNO2S. The fourth-order valence-corrected chi connectivity index (χ4v) is 4.60. The molecule has 0 aliphatic heterocycles. The Hall–Kier alpha value is -2.30. The van der Waals surface area contributed by atoms with Crippen molar-refractivity contribution in [2.24, 2.45) is 0 Å². The predicted molar refractivity (Wildman–Crippen MR) is 102 cm³/mol. The number of nitrogens with zero attached hydrogens (tertiary/aromatic N) is 1. The summed E-state index contributed by atoms with van der Waals surface area (Å²) in [4.78, 5) is 0.248. The largest absolute Gasteiger partial charge is 0.264 e. The topological polar surface area (TPSA) is 37.4 Å². The van der Waals surface area contributed by atoms with Gasteiger partial charge in [-0.2, -0.15) is 0 Å². The molecule has 0 saturated heterocycles. The summed E-state index contributed by atoms with van der Waals surface area (Å²) in [6, 6.07) is 24.5. The summed E-state index contributed by atoms with van der Waals surface area (Å²) in [5.74, 6) is 0. The molecule has 0 heterocycles. The third-order valence-electron chi connectivity index (χ3n) is 4.00. The Morgan fingerprint density at radius 2 is 1.44 bits per heavy atom. The van der Waals surface area contributed by atoms with E-state index >= 15 is 0 Å². The minimum absolute atomic E-state index is 0.248. The third-order valence-corrected chi connectivity index (χ3v) is 6.14. The van der Waals surface area contributed by atoms with Crippen molar-refractivity contribution < 1.29 is 8.42 Å². The van der Waals surface area contributed by atoms with Gasteiger partial charge in [0.05, 0.1) is 16.6 Å². The molecule has 1 atom stereocenters. The number of halogens is 1. The van der Waals surface area contributed by atoms with E-state index in [0.717, 1.165) is 5.56 Å². The molecule has 3 nitrogen and oxygen atoms in total. The number of hydrogen-bond acceptors (Lipinski definition) is 2. The van der Waals surface area contributed by atoms with Crippen LogP contribution in [0.5, 0.6) is 0 Å². The third kappa shape index (κ3) is 3.70. The maximum atomic E-state index is 13.3. The van der Waals surface area contributed by atoms with Crippen LogP contribution in [0, 0.1) is 0 Å². The van der Waals surface area contributed by atoms with Gasteiger partial charge in [0.25, 0.3) is 10.0 Å². The molecule has 0 N–H and O–H groups in total. The molecule has 3 aromatic rings. The lowest BCUT2D eigenvalue weighted by molar-refractivity contribution is 0.583. The van der Waals surface area contributed by atoms with Crippen LogP contribution >= 0.6 is 11.6 Å². The molecule has 25 heavy (non-hydrogen) atoms. The first-order valence-corrected chi connectivity index (χ1v) is 9.72. The van der Waals surface area contributed by atoms with Gasteiger partial charge in [-0.15, -0.1) is 0 Å². The molecule has 0 radical (unpaired) electrons. The zero-order valence-corrected chi connectivity index (χ0v) is 15.3. The zero-order valence-electron chi connectivity index (χ0n) is 13.7. The Balaban J connectivity index is 2.16. The highest BCUT2D eigenvalue weighted by molar-refractivity contribution is 7.92. The van der Waals surface area contributed by atoms with Gasteiger partial charge in [-0.05, 0) is 42.8 Å². The van der Waals surface area contributed by atoms with E-state index < -0.39 is 10.0 Å². The standard InChI is InChI=1S/C20H18ClNO2S/c1-16(17-9-4-2-5-10-17)22(19-12-8-11-18(21)15-19)25(23,24)20-13-6-3-7-14-20/h2-16H,1H3/t16-/m0/s1. The lowest BCUT2D eigenvalue weighted by atomic mass is 10.1. The van der Waals surface area contributed by atoms with Gasteiger partial charge >= 0.3 is 0 Å². The van der Waals surface area contributed by atoms with Gasteiger partial charge in [-0.1, -0.05) is 66.2 Å². The molecule has 0 saturated carbocycles. The van der Waals surface area contributed by atoms with Crippen molar-refractivity contribution in [3.63, 3.8) is 0 Å². The van der Waals surface area contributed by atoms with Crippen LogP contribution in [0.25, 0.3) is 0 Å². The molecule has 0 aromatic heterocycles. The van der Waals surface area contributed by atoms with E-state index in [1.54, 1.807) is 54.6 Å². The van der Waals surface area contributed by atoms with E-state index in [1.807, 2.05) is 37.3 Å². The van der Waals surface area contributed by atoms with Crippen LogP contribution in [0.4, 0.5) is 5.69 Å². The predicted octanol–water partition coefficient (Wildman–Crippen LogP) is 5.30. The molecular weight excluding hydrogens is 354 g/mol. The SMILES string of the molecule is C[C@@H](c1ccccc1)N(c1cccc(Cl)c1)S(=O)(=O)c1ccccc1. The highest BCUT2D eigenvalue weighted by Crippen LogP contribution is 2.34. The van der Waals surface area contributed by atoms with Gasteiger partial charge in [0, 0.05) is 5.02 Å². The van der Waals surface area contributed by atoms with E-state index in [-0.39, 0.29) is 10.9 Å². The minimum Gasteiger partial charge on any atom is -0.259 e. The van der Waals surface area contributed by atoms with Crippen molar-refractivity contribution in [3.8, 4) is 0 Å². The summed E-state index contributed by atoms with van der Waals surface area (Å²) < 4.78 is 28.1. The highest BCUT2D eigenvalue weighted by Gasteiger charge is 2.30. The van der Waals surface area contributed by atoms with Crippen molar-refractivity contribution in [2.45, 2.75) is 17.9 Å². The van der Waals surface area contributed by atoms with E-state index in [0.29, 0.717) is 10.7 Å². The summed E-state index contributed by atoms with van der Waals surface area (Å²) >= 11 is 6.11. The number of hydrogen-bond donors (Lipinski definition) is 0. The van der Waals surface area contributed by atoms with Crippen LogP contribution in [-0.4, -0.2) is 8.42 Å². The molecule has 5 heteroatoms. The molecule has 3 rings (SSSR count). The Labute approximate surface area is 153 Å². The molecule has 0 amide bonds. The maximum absolute atomic E-state index is 13.3. The van der Waals surface area contributed by atoms with Gasteiger partial charge in [-0.25, -0.2) is 8.42 Å². The maximum Gasteiger partial charge on any atom is 0.264 e.